The van der Waals surface area contributed by atoms with Gasteiger partial charge in [0.15, 0.2) is 5.65 Å². The molecule has 1 aliphatic rings. The van der Waals surface area contributed by atoms with E-state index in [1.165, 1.54) is 16.7 Å². The number of rotatable bonds is 2. The van der Waals surface area contributed by atoms with Gasteiger partial charge in [0.05, 0.1) is 5.52 Å². The first-order valence-corrected chi connectivity index (χ1v) is 7.21. The zero-order valence-electron chi connectivity index (χ0n) is 11.9. The fourth-order valence-corrected chi connectivity index (χ4v) is 2.91. The highest BCUT2D eigenvalue weighted by atomic mass is 15.0. The van der Waals surface area contributed by atoms with Gasteiger partial charge >= 0.3 is 0 Å². The molecular weight excluding hydrogens is 262 g/mol. The number of pyridine rings is 1. The Hall–Kier alpha value is -2.40. The van der Waals surface area contributed by atoms with Crippen molar-refractivity contribution in [2.45, 2.75) is 13.0 Å². The molecule has 3 N–H and O–H groups in total. The second-order valence-corrected chi connectivity index (χ2v) is 5.27. The van der Waals surface area contributed by atoms with E-state index >= 15 is 0 Å². The summed E-state index contributed by atoms with van der Waals surface area (Å²) in [4.78, 5) is 12.6. The molecule has 1 aliphatic heterocycles. The minimum Gasteiger partial charge on any atom is -0.373 e. The van der Waals surface area contributed by atoms with Crippen LogP contribution in [-0.4, -0.2) is 28.5 Å². The normalized spacial score (nSPS) is 14.1. The van der Waals surface area contributed by atoms with Gasteiger partial charge in [0.1, 0.15) is 11.6 Å². The summed E-state index contributed by atoms with van der Waals surface area (Å²) in [5, 5.41) is 6.45. The molecule has 0 saturated heterocycles. The summed E-state index contributed by atoms with van der Waals surface area (Å²) in [6.07, 6.45) is 1.04. The maximum atomic E-state index is 4.67. The molecule has 0 bridgehead atoms. The molecule has 0 fully saturated rings. The molecule has 0 aliphatic carbocycles. The van der Waals surface area contributed by atoms with Gasteiger partial charge in [-0.25, -0.2) is 9.97 Å². The van der Waals surface area contributed by atoms with Crippen molar-refractivity contribution in [2.24, 2.45) is 0 Å². The summed E-state index contributed by atoms with van der Waals surface area (Å²) in [6, 6.07) is 10.4. The second-order valence-electron chi connectivity index (χ2n) is 5.27. The quantitative estimate of drug-likeness (QED) is 0.673. The van der Waals surface area contributed by atoms with Crippen LogP contribution in [0.2, 0.25) is 0 Å². The Morgan fingerprint density at radius 3 is 3.00 bits per heavy atom. The van der Waals surface area contributed by atoms with Crippen LogP contribution in [0, 0.1) is 0 Å². The van der Waals surface area contributed by atoms with E-state index in [0.29, 0.717) is 0 Å². The van der Waals surface area contributed by atoms with E-state index < -0.39 is 0 Å². The Balaban J connectivity index is 1.86. The molecule has 1 aromatic carbocycles. The van der Waals surface area contributed by atoms with Gasteiger partial charge in [-0.05, 0) is 36.2 Å². The SMILES string of the molecule is CNc1ccc2[nH]c(-c3cccc4c3CCNC4)nc2n1. The minimum atomic E-state index is 0.753. The Bertz CT molecular complexity index is 806. The van der Waals surface area contributed by atoms with Crippen molar-refractivity contribution in [2.75, 3.05) is 18.9 Å². The number of hydrogen-bond donors (Lipinski definition) is 3. The summed E-state index contributed by atoms with van der Waals surface area (Å²) in [6.45, 7) is 1.96. The van der Waals surface area contributed by atoms with Gasteiger partial charge in [0, 0.05) is 19.2 Å². The van der Waals surface area contributed by atoms with E-state index in [9.17, 15) is 0 Å². The number of fused-ring (bicyclic) bond motifs is 2. The summed E-state index contributed by atoms with van der Waals surface area (Å²) in [5.74, 6) is 1.74. The highest BCUT2D eigenvalue weighted by Gasteiger charge is 2.16. The molecule has 0 saturated carbocycles. The lowest BCUT2D eigenvalue weighted by Crippen LogP contribution is -2.24. The molecule has 0 amide bonds. The van der Waals surface area contributed by atoms with Crippen molar-refractivity contribution in [3.8, 4) is 11.4 Å². The maximum Gasteiger partial charge on any atom is 0.180 e. The van der Waals surface area contributed by atoms with Crippen LogP contribution in [0.15, 0.2) is 30.3 Å². The van der Waals surface area contributed by atoms with Gasteiger partial charge in [-0.15, -0.1) is 0 Å². The number of nitrogens with one attached hydrogen (secondary N) is 3. The summed E-state index contributed by atoms with van der Waals surface area (Å²) < 4.78 is 0. The fourth-order valence-electron chi connectivity index (χ4n) is 2.91. The first-order chi connectivity index (χ1) is 10.3. The number of nitrogens with zero attached hydrogens (tertiary/aromatic N) is 2. The van der Waals surface area contributed by atoms with Crippen LogP contribution >= 0.6 is 0 Å². The summed E-state index contributed by atoms with van der Waals surface area (Å²) in [5.41, 5.74) is 5.67. The molecule has 4 rings (SSSR count). The highest BCUT2D eigenvalue weighted by molar-refractivity contribution is 5.78. The number of imidazole rings is 1. The number of aromatic nitrogens is 3. The first-order valence-electron chi connectivity index (χ1n) is 7.21. The lowest BCUT2D eigenvalue weighted by Gasteiger charge is -2.19. The zero-order valence-corrected chi connectivity index (χ0v) is 11.9. The number of benzene rings is 1. The molecule has 3 aromatic rings. The van der Waals surface area contributed by atoms with E-state index in [2.05, 4.69) is 43.8 Å². The Morgan fingerprint density at radius 2 is 2.10 bits per heavy atom. The predicted octanol–water partition coefficient (Wildman–Crippen LogP) is 2.31. The van der Waals surface area contributed by atoms with Gasteiger partial charge in [-0.3, -0.25) is 0 Å². The highest BCUT2D eigenvalue weighted by Crippen LogP contribution is 2.28. The van der Waals surface area contributed by atoms with Crippen molar-refractivity contribution in [3.63, 3.8) is 0 Å². The van der Waals surface area contributed by atoms with Crippen molar-refractivity contribution in [1.29, 1.82) is 0 Å². The van der Waals surface area contributed by atoms with Gasteiger partial charge in [-0.2, -0.15) is 0 Å². The molecule has 106 valence electrons. The zero-order chi connectivity index (χ0) is 14.2. The van der Waals surface area contributed by atoms with E-state index in [-0.39, 0.29) is 0 Å². The molecule has 0 radical (unpaired) electrons. The van der Waals surface area contributed by atoms with Crippen LogP contribution in [0.3, 0.4) is 0 Å². The van der Waals surface area contributed by atoms with E-state index in [0.717, 1.165) is 42.3 Å². The third-order valence-corrected chi connectivity index (χ3v) is 4.00. The standard InChI is InChI=1S/C16H17N5/c1-17-14-6-5-13-16(20-14)21-15(19-13)12-4-2-3-10-9-18-8-7-11(10)12/h2-6,18H,7-9H2,1H3,(H2,17,19,20,21). The topological polar surface area (TPSA) is 65.6 Å². The average molecular weight is 279 g/mol. The average Bonchev–Trinajstić information content (AvgIpc) is 2.97. The van der Waals surface area contributed by atoms with Crippen molar-refractivity contribution < 1.29 is 0 Å². The Labute approximate surface area is 122 Å². The van der Waals surface area contributed by atoms with Crippen LogP contribution in [0.5, 0.6) is 0 Å². The molecule has 0 atom stereocenters. The summed E-state index contributed by atoms with van der Waals surface area (Å²) in [7, 11) is 1.86. The second kappa shape index (κ2) is 4.86. The fraction of sp³-hybridized carbons (Fsp3) is 0.250. The van der Waals surface area contributed by atoms with Crippen LogP contribution in [0.1, 0.15) is 11.1 Å². The predicted molar refractivity (Wildman–Crippen MR) is 84.3 cm³/mol. The number of anilines is 1. The Kier molecular flexibility index (Phi) is 2.86. The van der Waals surface area contributed by atoms with Crippen molar-refractivity contribution in [1.82, 2.24) is 20.3 Å². The molecule has 0 unspecified atom stereocenters. The van der Waals surface area contributed by atoms with Crippen LogP contribution in [-0.2, 0) is 13.0 Å². The molecule has 2 aromatic heterocycles. The van der Waals surface area contributed by atoms with E-state index in [1.807, 2.05) is 19.2 Å². The number of H-pyrrole nitrogens is 1. The first kappa shape index (κ1) is 12.3. The smallest absolute Gasteiger partial charge is 0.180 e. The van der Waals surface area contributed by atoms with Gasteiger partial charge in [-0.1, -0.05) is 18.2 Å². The van der Waals surface area contributed by atoms with Crippen LogP contribution < -0.4 is 10.6 Å². The number of aromatic amines is 1. The maximum absolute atomic E-state index is 4.67. The number of hydrogen-bond acceptors (Lipinski definition) is 4. The van der Waals surface area contributed by atoms with Crippen LogP contribution in [0.4, 0.5) is 5.82 Å². The molecule has 0 spiro atoms. The van der Waals surface area contributed by atoms with Gasteiger partial charge < -0.3 is 15.6 Å². The van der Waals surface area contributed by atoms with Gasteiger partial charge in [0.25, 0.3) is 0 Å². The van der Waals surface area contributed by atoms with Crippen molar-refractivity contribution >= 4 is 17.0 Å². The van der Waals surface area contributed by atoms with Crippen molar-refractivity contribution in [3.05, 3.63) is 41.5 Å². The monoisotopic (exact) mass is 279 g/mol. The van der Waals surface area contributed by atoms with E-state index in [4.69, 9.17) is 0 Å². The third-order valence-electron chi connectivity index (χ3n) is 4.00. The third kappa shape index (κ3) is 2.06. The largest absolute Gasteiger partial charge is 0.373 e. The van der Waals surface area contributed by atoms with E-state index in [1.54, 1.807) is 0 Å². The lowest BCUT2D eigenvalue weighted by molar-refractivity contribution is 0.644. The Morgan fingerprint density at radius 1 is 1.14 bits per heavy atom. The molecule has 3 heterocycles. The van der Waals surface area contributed by atoms with Gasteiger partial charge in [0.2, 0.25) is 0 Å². The molecular formula is C16H17N5. The molecule has 5 nitrogen and oxygen atoms in total. The molecule has 5 heteroatoms. The molecule has 21 heavy (non-hydrogen) atoms. The minimum absolute atomic E-state index is 0.753. The van der Waals surface area contributed by atoms with Crippen LogP contribution in [0.25, 0.3) is 22.6 Å². The lowest BCUT2D eigenvalue weighted by atomic mass is 9.95. The summed E-state index contributed by atoms with van der Waals surface area (Å²) >= 11 is 0.